The molecule has 0 amide bonds. The number of nitrogen functional groups attached to an aromatic ring is 1. The quantitative estimate of drug-likeness (QED) is 0.649. The van der Waals surface area contributed by atoms with Gasteiger partial charge >= 0.3 is 0 Å². The minimum Gasteiger partial charge on any atom is -0.491 e. The summed E-state index contributed by atoms with van der Waals surface area (Å²) in [6.45, 7) is 4.91. The predicted molar refractivity (Wildman–Crippen MR) is 73.8 cm³/mol. The number of hydrogen-bond acceptors (Lipinski definition) is 4. The van der Waals surface area contributed by atoms with Gasteiger partial charge in [0.25, 0.3) is 0 Å². The molecule has 1 aromatic carbocycles. The van der Waals surface area contributed by atoms with E-state index in [1.165, 1.54) is 12.8 Å². The molecule has 0 aliphatic heterocycles. The zero-order valence-electron chi connectivity index (χ0n) is 10.3. The van der Waals surface area contributed by atoms with E-state index in [1.54, 1.807) is 11.3 Å². The molecule has 0 spiro atoms. The van der Waals surface area contributed by atoms with Crippen LogP contribution >= 0.6 is 11.3 Å². The zero-order valence-corrected chi connectivity index (χ0v) is 11.1. The van der Waals surface area contributed by atoms with Crippen molar-refractivity contribution in [2.75, 3.05) is 12.3 Å². The fraction of sp³-hybridized carbons (Fsp3) is 0.462. The van der Waals surface area contributed by atoms with Gasteiger partial charge in [0.05, 0.1) is 27.5 Å². The van der Waals surface area contributed by atoms with Crippen LogP contribution < -0.4 is 10.5 Å². The second kappa shape index (κ2) is 5.36. The average Bonchev–Trinajstić information content (AvgIpc) is 2.63. The molecule has 0 radical (unpaired) electrons. The van der Waals surface area contributed by atoms with Gasteiger partial charge in [-0.3, -0.25) is 0 Å². The molecular formula is C13H18N2OS. The van der Waals surface area contributed by atoms with Crippen molar-refractivity contribution in [2.45, 2.75) is 33.1 Å². The molecule has 1 aromatic heterocycles. The summed E-state index contributed by atoms with van der Waals surface area (Å²) in [6.07, 6.45) is 3.46. The molecule has 3 nitrogen and oxygen atoms in total. The van der Waals surface area contributed by atoms with Gasteiger partial charge < -0.3 is 10.5 Å². The minimum absolute atomic E-state index is 0.706. The van der Waals surface area contributed by atoms with Crippen molar-refractivity contribution in [1.82, 2.24) is 4.98 Å². The summed E-state index contributed by atoms with van der Waals surface area (Å²) in [5, 5.41) is 1.06. The lowest BCUT2D eigenvalue weighted by atomic mass is 10.2. The van der Waals surface area contributed by atoms with Crippen molar-refractivity contribution < 1.29 is 4.74 Å². The van der Waals surface area contributed by atoms with Crippen LogP contribution in [0.3, 0.4) is 0 Å². The summed E-state index contributed by atoms with van der Waals surface area (Å²) in [6, 6.07) is 3.90. The summed E-state index contributed by atoms with van der Waals surface area (Å²) in [5.41, 5.74) is 7.65. The highest BCUT2D eigenvalue weighted by Gasteiger charge is 2.06. The van der Waals surface area contributed by atoms with Gasteiger partial charge in [-0.25, -0.2) is 4.98 Å². The number of unbranched alkanes of at least 4 members (excludes halogenated alkanes) is 2. The monoisotopic (exact) mass is 250 g/mol. The van der Waals surface area contributed by atoms with E-state index in [-0.39, 0.29) is 0 Å². The lowest BCUT2D eigenvalue weighted by Crippen LogP contribution is -2.00. The first-order chi connectivity index (χ1) is 8.20. The van der Waals surface area contributed by atoms with E-state index in [2.05, 4.69) is 11.9 Å². The van der Waals surface area contributed by atoms with Crippen LogP contribution in [-0.2, 0) is 0 Å². The Kier molecular flexibility index (Phi) is 3.84. The number of nitrogens with two attached hydrogens (primary N) is 1. The lowest BCUT2D eigenvalue weighted by Gasteiger charge is -2.08. The van der Waals surface area contributed by atoms with Gasteiger partial charge in [0.1, 0.15) is 5.75 Å². The van der Waals surface area contributed by atoms with E-state index in [4.69, 9.17) is 10.5 Å². The maximum Gasteiger partial charge on any atom is 0.144 e. The summed E-state index contributed by atoms with van der Waals surface area (Å²) >= 11 is 1.66. The second-order valence-electron chi connectivity index (χ2n) is 4.15. The maximum absolute atomic E-state index is 5.96. The molecule has 0 fully saturated rings. The smallest absolute Gasteiger partial charge is 0.144 e. The summed E-state index contributed by atoms with van der Waals surface area (Å²) in [4.78, 5) is 4.44. The molecule has 0 saturated heterocycles. The van der Waals surface area contributed by atoms with Crippen LogP contribution in [0, 0.1) is 6.92 Å². The SMILES string of the molecule is CCCCCOc1cc2nc(C)sc2cc1N. The van der Waals surface area contributed by atoms with Gasteiger partial charge in [0, 0.05) is 6.07 Å². The Morgan fingerprint density at radius 1 is 1.35 bits per heavy atom. The number of nitrogens with zero attached hydrogens (tertiary/aromatic N) is 1. The number of hydrogen-bond donors (Lipinski definition) is 1. The van der Waals surface area contributed by atoms with Crippen molar-refractivity contribution in [1.29, 1.82) is 0 Å². The molecule has 2 N–H and O–H groups in total. The first-order valence-electron chi connectivity index (χ1n) is 6.00. The standard InChI is InChI=1S/C13H18N2OS/c1-3-4-5-6-16-12-8-11-13(7-10(12)14)17-9(2)15-11/h7-8H,3-6,14H2,1-2H3. The highest BCUT2D eigenvalue weighted by Crippen LogP contribution is 2.31. The first kappa shape index (κ1) is 12.2. The number of aromatic nitrogens is 1. The Balaban J connectivity index is 2.13. The minimum atomic E-state index is 0.706. The van der Waals surface area contributed by atoms with Crippen LogP contribution in [0.1, 0.15) is 31.2 Å². The molecule has 0 bridgehead atoms. The molecule has 92 valence electrons. The van der Waals surface area contributed by atoms with Gasteiger partial charge in [-0.05, 0) is 19.4 Å². The Bertz CT molecular complexity index is 507. The topological polar surface area (TPSA) is 48.1 Å². The van der Waals surface area contributed by atoms with Crippen molar-refractivity contribution in [2.24, 2.45) is 0 Å². The van der Waals surface area contributed by atoms with E-state index >= 15 is 0 Å². The summed E-state index contributed by atoms with van der Waals surface area (Å²) in [7, 11) is 0. The number of benzene rings is 1. The van der Waals surface area contributed by atoms with E-state index in [1.807, 2.05) is 19.1 Å². The average molecular weight is 250 g/mol. The Morgan fingerprint density at radius 2 is 2.18 bits per heavy atom. The van der Waals surface area contributed by atoms with Crippen LogP contribution in [0.25, 0.3) is 10.2 Å². The highest BCUT2D eigenvalue weighted by molar-refractivity contribution is 7.18. The number of thiazole rings is 1. The molecule has 0 unspecified atom stereocenters. The summed E-state index contributed by atoms with van der Waals surface area (Å²) < 4.78 is 6.82. The normalized spacial score (nSPS) is 10.9. The zero-order chi connectivity index (χ0) is 12.3. The Hall–Kier alpha value is -1.29. The number of rotatable bonds is 5. The third-order valence-electron chi connectivity index (χ3n) is 2.63. The van der Waals surface area contributed by atoms with Crippen LogP contribution in [-0.4, -0.2) is 11.6 Å². The van der Waals surface area contributed by atoms with E-state index in [0.717, 1.165) is 34.0 Å². The van der Waals surface area contributed by atoms with Crippen LogP contribution in [0.5, 0.6) is 5.75 Å². The molecule has 2 aromatic rings. The van der Waals surface area contributed by atoms with E-state index in [0.29, 0.717) is 5.69 Å². The predicted octanol–water partition coefficient (Wildman–Crippen LogP) is 3.76. The van der Waals surface area contributed by atoms with Gasteiger partial charge in [-0.15, -0.1) is 11.3 Å². The molecule has 2 rings (SSSR count). The number of fused-ring (bicyclic) bond motifs is 1. The number of anilines is 1. The molecule has 17 heavy (non-hydrogen) atoms. The van der Waals surface area contributed by atoms with Crippen LogP contribution in [0.4, 0.5) is 5.69 Å². The van der Waals surface area contributed by atoms with E-state index < -0.39 is 0 Å². The fourth-order valence-corrected chi connectivity index (χ4v) is 2.60. The molecule has 0 aliphatic carbocycles. The molecule has 1 heterocycles. The fourth-order valence-electron chi connectivity index (χ4n) is 1.74. The van der Waals surface area contributed by atoms with Gasteiger partial charge in [0.2, 0.25) is 0 Å². The first-order valence-corrected chi connectivity index (χ1v) is 6.82. The number of ether oxygens (including phenoxy) is 1. The van der Waals surface area contributed by atoms with Gasteiger partial charge in [-0.1, -0.05) is 19.8 Å². The largest absolute Gasteiger partial charge is 0.491 e. The second-order valence-corrected chi connectivity index (χ2v) is 5.38. The Morgan fingerprint density at radius 3 is 2.94 bits per heavy atom. The third-order valence-corrected chi connectivity index (χ3v) is 3.57. The molecule has 0 aliphatic rings. The van der Waals surface area contributed by atoms with Gasteiger partial charge in [0.15, 0.2) is 0 Å². The van der Waals surface area contributed by atoms with Crippen molar-refractivity contribution in [3.05, 3.63) is 17.1 Å². The van der Waals surface area contributed by atoms with Gasteiger partial charge in [-0.2, -0.15) is 0 Å². The Labute approximate surface area is 106 Å². The number of aryl methyl sites for hydroxylation is 1. The summed E-state index contributed by atoms with van der Waals surface area (Å²) in [5.74, 6) is 0.763. The van der Waals surface area contributed by atoms with Crippen LogP contribution in [0.15, 0.2) is 12.1 Å². The molecule has 0 atom stereocenters. The van der Waals surface area contributed by atoms with Crippen molar-refractivity contribution in [3.8, 4) is 5.75 Å². The van der Waals surface area contributed by atoms with Crippen molar-refractivity contribution >= 4 is 27.2 Å². The van der Waals surface area contributed by atoms with Crippen LogP contribution in [0.2, 0.25) is 0 Å². The van der Waals surface area contributed by atoms with E-state index in [9.17, 15) is 0 Å². The molecular weight excluding hydrogens is 232 g/mol. The molecule has 4 heteroatoms. The van der Waals surface area contributed by atoms with Crippen molar-refractivity contribution in [3.63, 3.8) is 0 Å². The molecule has 0 saturated carbocycles. The highest BCUT2D eigenvalue weighted by atomic mass is 32.1. The lowest BCUT2D eigenvalue weighted by molar-refractivity contribution is 0.308. The third kappa shape index (κ3) is 2.88. The maximum atomic E-state index is 5.96.